The van der Waals surface area contributed by atoms with Crippen molar-refractivity contribution in [3.63, 3.8) is 0 Å². The van der Waals surface area contributed by atoms with Gasteiger partial charge in [-0.3, -0.25) is 9.59 Å². The second-order valence-electron chi connectivity index (χ2n) is 5.89. The van der Waals surface area contributed by atoms with E-state index in [1.165, 1.54) is 23.7 Å². The first kappa shape index (κ1) is 18.8. The lowest BCUT2D eigenvalue weighted by molar-refractivity contribution is -0.122. The highest BCUT2D eigenvalue weighted by Crippen LogP contribution is 2.17. The maximum Gasteiger partial charge on any atom is 0.271 e. The highest BCUT2D eigenvalue weighted by molar-refractivity contribution is 7.09. The van der Waals surface area contributed by atoms with Crippen molar-refractivity contribution in [3.05, 3.63) is 75.9 Å². The number of halogens is 1. The van der Waals surface area contributed by atoms with Crippen LogP contribution in [0.4, 0.5) is 4.39 Å². The minimum atomic E-state index is -0.732. The van der Waals surface area contributed by atoms with Crippen molar-refractivity contribution in [2.75, 3.05) is 0 Å². The van der Waals surface area contributed by atoms with E-state index in [1.807, 2.05) is 0 Å². The smallest absolute Gasteiger partial charge is 0.271 e. The van der Waals surface area contributed by atoms with Crippen LogP contribution in [-0.4, -0.2) is 22.8 Å². The van der Waals surface area contributed by atoms with Gasteiger partial charge in [0.15, 0.2) is 0 Å². The number of rotatable bonds is 7. The summed E-state index contributed by atoms with van der Waals surface area (Å²) in [6.07, 6.45) is 1.83. The Labute approximate surface area is 159 Å². The first-order chi connectivity index (χ1) is 13.0. The molecule has 2 amide bonds. The lowest BCUT2D eigenvalue weighted by Crippen LogP contribution is -2.44. The molecule has 140 valence electrons. The summed E-state index contributed by atoms with van der Waals surface area (Å²) in [6, 6.07) is 9.19. The maximum atomic E-state index is 13.7. The van der Waals surface area contributed by atoms with Gasteiger partial charge in [-0.25, -0.2) is 9.37 Å². The molecule has 0 fully saturated rings. The van der Waals surface area contributed by atoms with Crippen LogP contribution in [0.25, 0.3) is 0 Å². The predicted molar refractivity (Wildman–Crippen MR) is 98.8 cm³/mol. The van der Waals surface area contributed by atoms with Gasteiger partial charge in [0.2, 0.25) is 5.91 Å². The van der Waals surface area contributed by atoms with Crippen molar-refractivity contribution < 1.29 is 18.4 Å². The topological polar surface area (TPSA) is 84.2 Å². The summed E-state index contributed by atoms with van der Waals surface area (Å²) >= 11 is 1.27. The summed E-state index contributed by atoms with van der Waals surface area (Å²) in [5.41, 5.74) is 0.724. The standard InChI is InChI=1S/C19H18FN3O3S/c1-12(18(24)21-10-14-6-4-8-26-14)22-19(25)16-11-27-17(23-16)9-13-5-2-3-7-15(13)20/h2-8,11-12H,9-10H2,1H3,(H,21,24)(H,22,25). The van der Waals surface area contributed by atoms with E-state index in [0.29, 0.717) is 22.8 Å². The maximum absolute atomic E-state index is 13.7. The van der Waals surface area contributed by atoms with Gasteiger partial charge in [0.05, 0.1) is 17.8 Å². The number of benzene rings is 1. The van der Waals surface area contributed by atoms with Crippen molar-refractivity contribution >= 4 is 23.2 Å². The van der Waals surface area contributed by atoms with Crippen LogP contribution in [0.1, 0.15) is 33.7 Å². The molecule has 0 aliphatic heterocycles. The van der Waals surface area contributed by atoms with Gasteiger partial charge in [-0.15, -0.1) is 11.3 Å². The van der Waals surface area contributed by atoms with Crippen LogP contribution in [0.15, 0.2) is 52.5 Å². The molecule has 2 N–H and O–H groups in total. The minimum absolute atomic E-state index is 0.206. The van der Waals surface area contributed by atoms with Gasteiger partial charge in [-0.2, -0.15) is 0 Å². The summed E-state index contributed by atoms with van der Waals surface area (Å²) in [4.78, 5) is 28.6. The van der Waals surface area contributed by atoms with E-state index >= 15 is 0 Å². The molecule has 0 saturated heterocycles. The summed E-state index contributed by atoms with van der Waals surface area (Å²) in [5.74, 6) is -0.465. The van der Waals surface area contributed by atoms with Crippen LogP contribution < -0.4 is 10.6 Å². The molecule has 1 unspecified atom stereocenters. The highest BCUT2D eigenvalue weighted by atomic mass is 32.1. The van der Waals surface area contributed by atoms with Crippen LogP contribution in [0.2, 0.25) is 0 Å². The number of nitrogens with one attached hydrogen (secondary N) is 2. The number of furan rings is 1. The molecule has 2 heterocycles. The summed E-state index contributed by atoms with van der Waals surface area (Å²) in [7, 11) is 0. The molecule has 0 radical (unpaired) electrons. The normalized spacial score (nSPS) is 11.8. The zero-order chi connectivity index (χ0) is 19.2. The lowest BCUT2D eigenvalue weighted by Gasteiger charge is -2.12. The van der Waals surface area contributed by atoms with E-state index in [-0.39, 0.29) is 24.0 Å². The van der Waals surface area contributed by atoms with E-state index in [4.69, 9.17) is 4.42 Å². The monoisotopic (exact) mass is 387 g/mol. The zero-order valence-electron chi connectivity index (χ0n) is 14.6. The minimum Gasteiger partial charge on any atom is -0.467 e. The fourth-order valence-electron chi connectivity index (χ4n) is 2.38. The van der Waals surface area contributed by atoms with E-state index in [1.54, 1.807) is 42.6 Å². The Balaban J connectivity index is 1.54. The predicted octanol–water partition coefficient (Wildman–Crippen LogP) is 2.90. The Morgan fingerprint density at radius 1 is 1.26 bits per heavy atom. The molecule has 27 heavy (non-hydrogen) atoms. The molecule has 0 aliphatic rings. The Morgan fingerprint density at radius 2 is 2.07 bits per heavy atom. The lowest BCUT2D eigenvalue weighted by atomic mass is 10.1. The van der Waals surface area contributed by atoms with Gasteiger partial charge in [0.25, 0.3) is 5.91 Å². The fourth-order valence-corrected chi connectivity index (χ4v) is 3.17. The molecular weight excluding hydrogens is 369 g/mol. The summed E-state index contributed by atoms with van der Waals surface area (Å²) < 4.78 is 18.9. The number of hydrogen-bond donors (Lipinski definition) is 2. The van der Waals surface area contributed by atoms with Crippen molar-refractivity contribution in [1.29, 1.82) is 0 Å². The van der Waals surface area contributed by atoms with Crippen molar-refractivity contribution in [2.45, 2.75) is 25.9 Å². The van der Waals surface area contributed by atoms with E-state index in [2.05, 4.69) is 15.6 Å². The Hall–Kier alpha value is -3.00. The molecule has 8 heteroatoms. The molecule has 2 aromatic heterocycles. The van der Waals surface area contributed by atoms with Gasteiger partial charge in [-0.05, 0) is 30.7 Å². The third-order valence-corrected chi connectivity index (χ3v) is 4.69. The zero-order valence-corrected chi connectivity index (χ0v) is 15.4. The van der Waals surface area contributed by atoms with Crippen LogP contribution in [0.5, 0.6) is 0 Å². The average Bonchev–Trinajstić information content (AvgIpc) is 3.33. The van der Waals surface area contributed by atoms with Gasteiger partial charge < -0.3 is 15.1 Å². The second kappa shape index (κ2) is 8.59. The number of nitrogens with zero attached hydrogens (tertiary/aromatic N) is 1. The molecule has 1 atom stereocenters. The Morgan fingerprint density at radius 3 is 2.81 bits per heavy atom. The van der Waals surface area contributed by atoms with Crippen LogP contribution in [0.3, 0.4) is 0 Å². The summed E-state index contributed by atoms with van der Waals surface area (Å²) in [5, 5.41) is 7.50. The average molecular weight is 387 g/mol. The second-order valence-corrected chi connectivity index (χ2v) is 6.83. The van der Waals surface area contributed by atoms with Gasteiger partial charge in [0.1, 0.15) is 23.3 Å². The van der Waals surface area contributed by atoms with Gasteiger partial charge in [-0.1, -0.05) is 18.2 Å². The Bertz CT molecular complexity index is 924. The third-order valence-electron chi connectivity index (χ3n) is 3.84. The highest BCUT2D eigenvalue weighted by Gasteiger charge is 2.19. The van der Waals surface area contributed by atoms with Crippen molar-refractivity contribution in [3.8, 4) is 0 Å². The number of hydrogen-bond acceptors (Lipinski definition) is 5. The van der Waals surface area contributed by atoms with E-state index in [0.717, 1.165) is 0 Å². The van der Waals surface area contributed by atoms with Crippen molar-refractivity contribution in [1.82, 2.24) is 15.6 Å². The molecule has 6 nitrogen and oxygen atoms in total. The quantitative estimate of drug-likeness (QED) is 0.653. The van der Waals surface area contributed by atoms with Crippen LogP contribution >= 0.6 is 11.3 Å². The molecule has 0 aliphatic carbocycles. The van der Waals surface area contributed by atoms with Crippen LogP contribution in [-0.2, 0) is 17.8 Å². The molecule has 0 spiro atoms. The molecule has 3 rings (SSSR count). The number of amides is 2. The first-order valence-corrected chi connectivity index (χ1v) is 9.19. The largest absolute Gasteiger partial charge is 0.467 e. The third kappa shape index (κ3) is 5.01. The molecule has 1 aromatic carbocycles. The molecule has 0 bridgehead atoms. The number of carbonyl (C=O) groups is 2. The molecular formula is C19H18FN3O3S. The molecule has 0 saturated carbocycles. The Kier molecular flexibility index (Phi) is 5.97. The van der Waals surface area contributed by atoms with Crippen molar-refractivity contribution in [2.24, 2.45) is 0 Å². The number of thiazole rings is 1. The first-order valence-electron chi connectivity index (χ1n) is 8.31. The van der Waals surface area contributed by atoms with Gasteiger partial charge >= 0.3 is 0 Å². The van der Waals surface area contributed by atoms with Gasteiger partial charge in [0, 0.05) is 11.8 Å². The SMILES string of the molecule is CC(NC(=O)c1csc(Cc2ccccc2F)n1)C(=O)NCc1ccco1. The number of carbonyl (C=O) groups excluding carboxylic acids is 2. The number of aromatic nitrogens is 1. The van der Waals surface area contributed by atoms with E-state index in [9.17, 15) is 14.0 Å². The summed E-state index contributed by atoms with van der Waals surface area (Å²) in [6.45, 7) is 1.83. The molecule has 3 aromatic rings. The van der Waals surface area contributed by atoms with Crippen LogP contribution in [0, 0.1) is 5.82 Å². The fraction of sp³-hybridized carbons (Fsp3) is 0.211. The van der Waals surface area contributed by atoms with E-state index < -0.39 is 11.9 Å².